The molecule has 1 amide bonds. The predicted octanol–water partition coefficient (Wildman–Crippen LogP) is 8.10. The molecule has 14 heteroatoms. The van der Waals surface area contributed by atoms with E-state index in [9.17, 15) is 45.6 Å². The lowest BCUT2D eigenvalue weighted by atomic mass is 9.97. The first-order valence-electron chi connectivity index (χ1n) is 27.1. The van der Waals surface area contributed by atoms with Gasteiger partial charge in [-0.1, -0.05) is 175 Å². The zero-order valence-corrected chi connectivity index (χ0v) is 43.6. The minimum atomic E-state index is -1.80. The fourth-order valence-electron chi connectivity index (χ4n) is 8.07. The molecule has 0 aromatic rings. The van der Waals surface area contributed by atoms with Gasteiger partial charge in [0.1, 0.15) is 48.8 Å². The second kappa shape index (κ2) is 42.9. The highest BCUT2D eigenvalue weighted by molar-refractivity contribution is 5.76. The number of aliphatic hydroxyl groups is 8. The lowest BCUT2D eigenvalue weighted by molar-refractivity contribution is -0.359. The van der Waals surface area contributed by atoms with Crippen LogP contribution in [-0.4, -0.2) is 140 Å². The number of nitrogens with one attached hydrogen (secondary N) is 1. The standard InChI is InChI=1S/C58H95NO13/c1-3-5-7-9-11-13-15-16-17-18-19-20-21-22-23-24-25-26-27-28-29-30-32-34-36-38-40-42-50(63)59-46(47(62)41-39-37-35-33-31-14-12-10-8-6-4-2)45-69-57-55(68)53(66)56(49(44-61)71-57)72-58-54(67)52(65)51(64)48(43-60)70-58/h5,7,11,13,16-17,19-20,22-23,25-26,28-29,32,34,39,41,46-49,51-58,60-62,64-68H,3-4,6,8-10,12,14-15,18,21,24,27,30-31,33,35-38,40,42-45H2,1-2H3,(H,59,63)/b7-5-,13-11-,17-16-,20-19-,23-22-,26-25-,29-28-,34-32-,41-39+. The van der Waals surface area contributed by atoms with E-state index in [0.29, 0.717) is 6.42 Å². The van der Waals surface area contributed by atoms with E-state index in [1.807, 2.05) is 6.08 Å². The zero-order valence-electron chi connectivity index (χ0n) is 43.6. The van der Waals surface area contributed by atoms with E-state index in [0.717, 1.165) is 89.9 Å². The van der Waals surface area contributed by atoms with Gasteiger partial charge in [-0.25, -0.2) is 0 Å². The van der Waals surface area contributed by atoms with E-state index in [4.69, 9.17) is 18.9 Å². The van der Waals surface area contributed by atoms with Crippen molar-refractivity contribution in [2.24, 2.45) is 0 Å². The second-order valence-electron chi connectivity index (χ2n) is 18.6. The van der Waals surface area contributed by atoms with E-state index < -0.39 is 86.8 Å². The summed E-state index contributed by atoms with van der Waals surface area (Å²) in [5.41, 5.74) is 0. The molecule has 0 spiro atoms. The molecule has 9 N–H and O–H groups in total. The molecule has 0 aliphatic carbocycles. The van der Waals surface area contributed by atoms with Crippen molar-refractivity contribution in [3.05, 3.63) is 109 Å². The molecule has 0 aromatic heterocycles. The van der Waals surface area contributed by atoms with Crippen molar-refractivity contribution in [3.8, 4) is 0 Å². The number of carbonyl (C=O) groups excluding carboxylic acids is 1. The summed E-state index contributed by atoms with van der Waals surface area (Å²) in [5, 5.41) is 86.7. The molecule has 0 aromatic carbocycles. The third-order valence-corrected chi connectivity index (χ3v) is 12.5. The molecule has 0 bridgehead atoms. The highest BCUT2D eigenvalue weighted by Crippen LogP contribution is 2.30. The van der Waals surface area contributed by atoms with Crippen molar-refractivity contribution in [2.75, 3.05) is 19.8 Å². The quantitative estimate of drug-likeness (QED) is 0.0209. The van der Waals surface area contributed by atoms with Crippen molar-refractivity contribution in [1.29, 1.82) is 0 Å². The molecule has 72 heavy (non-hydrogen) atoms. The fraction of sp³-hybridized carbons (Fsp3) is 0.672. The number of ether oxygens (including phenoxy) is 4. The molecular formula is C58H95NO13. The SMILES string of the molecule is CC/C=C\C/C=C\C/C=C\C/C=C\C/C=C\C/C=C\C/C=C\C/C=C\CCCCC(=O)NC(COC1OC(CO)C(OC2OC(CO)C(O)C(O)C2O)C(O)C1O)C(O)/C=C/CCCCCCCCCCC. The van der Waals surface area contributed by atoms with Crippen LogP contribution < -0.4 is 5.32 Å². The molecule has 0 radical (unpaired) electrons. The van der Waals surface area contributed by atoms with Crippen LogP contribution in [0.3, 0.4) is 0 Å². The van der Waals surface area contributed by atoms with Crippen LogP contribution in [-0.2, 0) is 23.7 Å². The van der Waals surface area contributed by atoms with E-state index >= 15 is 0 Å². The summed E-state index contributed by atoms with van der Waals surface area (Å²) >= 11 is 0. The van der Waals surface area contributed by atoms with Crippen LogP contribution in [0, 0.1) is 0 Å². The molecule has 12 unspecified atom stereocenters. The minimum absolute atomic E-state index is 0.218. The first-order chi connectivity index (χ1) is 35.1. The average Bonchev–Trinajstić information content (AvgIpc) is 3.38. The molecule has 410 valence electrons. The Bertz CT molecular complexity index is 1620. The van der Waals surface area contributed by atoms with Crippen LogP contribution in [0.2, 0.25) is 0 Å². The first kappa shape index (κ1) is 64.8. The summed E-state index contributed by atoms with van der Waals surface area (Å²) in [6.45, 7) is 2.60. The Labute approximate surface area is 432 Å². The molecule has 2 rings (SSSR count). The maximum atomic E-state index is 13.2. The first-order valence-corrected chi connectivity index (χ1v) is 27.1. The van der Waals surface area contributed by atoms with E-state index in [-0.39, 0.29) is 18.9 Å². The smallest absolute Gasteiger partial charge is 0.220 e. The molecule has 2 fully saturated rings. The number of unbranched alkanes of at least 4 members (excludes halogenated alkanes) is 11. The topological polar surface area (TPSA) is 228 Å². The van der Waals surface area contributed by atoms with E-state index in [2.05, 4.69) is 116 Å². The lowest BCUT2D eigenvalue weighted by Crippen LogP contribution is -2.65. The minimum Gasteiger partial charge on any atom is -0.394 e. The van der Waals surface area contributed by atoms with Gasteiger partial charge in [-0.15, -0.1) is 0 Å². The van der Waals surface area contributed by atoms with Crippen LogP contribution >= 0.6 is 0 Å². The fourth-order valence-corrected chi connectivity index (χ4v) is 8.07. The summed E-state index contributed by atoms with van der Waals surface area (Å²) in [5.74, 6) is -0.289. The van der Waals surface area contributed by atoms with Crippen LogP contribution in [0.5, 0.6) is 0 Å². The van der Waals surface area contributed by atoms with Gasteiger partial charge in [0.2, 0.25) is 5.91 Å². The maximum Gasteiger partial charge on any atom is 0.220 e. The number of amides is 1. The van der Waals surface area contributed by atoms with Gasteiger partial charge in [-0.2, -0.15) is 0 Å². The van der Waals surface area contributed by atoms with Gasteiger partial charge in [0, 0.05) is 6.42 Å². The van der Waals surface area contributed by atoms with Crippen LogP contribution in [0.4, 0.5) is 0 Å². The zero-order chi connectivity index (χ0) is 52.4. The van der Waals surface area contributed by atoms with Crippen molar-refractivity contribution in [2.45, 2.75) is 229 Å². The van der Waals surface area contributed by atoms with Crippen molar-refractivity contribution in [3.63, 3.8) is 0 Å². The number of carbonyl (C=O) groups is 1. The largest absolute Gasteiger partial charge is 0.394 e. The summed E-state index contributed by atoms with van der Waals surface area (Å²) in [6.07, 6.45) is 42.8. The molecular weight excluding hydrogens is 919 g/mol. The Balaban J connectivity index is 1.79. The second-order valence-corrected chi connectivity index (χ2v) is 18.6. The Hall–Kier alpha value is -3.35. The van der Waals surface area contributed by atoms with Gasteiger partial charge in [0.15, 0.2) is 12.6 Å². The number of rotatable bonds is 40. The van der Waals surface area contributed by atoms with Gasteiger partial charge >= 0.3 is 0 Å². The molecule has 2 aliphatic rings. The lowest BCUT2D eigenvalue weighted by Gasteiger charge is -2.46. The van der Waals surface area contributed by atoms with Crippen molar-refractivity contribution >= 4 is 5.91 Å². The average molecular weight is 1010 g/mol. The number of allylic oxidation sites excluding steroid dienone is 17. The molecule has 12 atom stereocenters. The summed E-state index contributed by atoms with van der Waals surface area (Å²) in [4.78, 5) is 13.2. The van der Waals surface area contributed by atoms with E-state index in [1.54, 1.807) is 6.08 Å². The third kappa shape index (κ3) is 28.9. The van der Waals surface area contributed by atoms with Gasteiger partial charge in [0.25, 0.3) is 0 Å². The molecule has 14 nitrogen and oxygen atoms in total. The van der Waals surface area contributed by atoms with Crippen molar-refractivity contribution < 1.29 is 64.6 Å². The third-order valence-electron chi connectivity index (χ3n) is 12.5. The molecule has 2 saturated heterocycles. The van der Waals surface area contributed by atoms with Crippen LogP contribution in [0.15, 0.2) is 109 Å². The highest BCUT2D eigenvalue weighted by atomic mass is 16.7. The summed E-state index contributed by atoms with van der Waals surface area (Å²) in [6, 6.07) is -0.944. The van der Waals surface area contributed by atoms with Gasteiger partial charge in [-0.3, -0.25) is 4.79 Å². The van der Waals surface area contributed by atoms with Gasteiger partial charge in [0.05, 0.1) is 32.0 Å². The Morgan fingerprint density at radius 3 is 1.47 bits per heavy atom. The highest BCUT2D eigenvalue weighted by Gasteiger charge is 2.51. The van der Waals surface area contributed by atoms with Crippen LogP contribution in [0.25, 0.3) is 0 Å². The summed E-state index contributed by atoms with van der Waals surface area (Å²) < 4.78 is 22.7. The Morgan fingerprint density at radius 1 is 0.514 bits per heavy atom. The summed E-state index contributed by atoms with van der Waals surface area (Å²) in [7, 11) is 0. The number of hydrogen-bond acceptors (Lipinski definition) is 13. The monoisotopic (exact) mass is 1010 g/mol. The van der Waals surface area contributed by atoms with E-state index in [1.165, 1.54) is 38.5 Å². The van der Waals surface area contributed by atoms with Gasteiger partial charge < -0.3 is 65.1 Å². The molecule has 0 saturated carbocycles. The van der Waals surface area contributed by atoms with Crippen molar-refractivity contribution in [1.82, 2.24) is 5.32 Å². The predicted molar refractivity (Wildman–Crippen MR) is 285 cm³/mol. The number of aliphatic hydroxyl groups excluding tert-OH is 8. The number of hydrogen-bond donors (Lipinski definition) is 9. The Kier molecular flexibility index (Phi) is 38.6. The maximum absolute atomic E-state index is 13.2. The molecule has 2 aliphatic heterocycles. The molecule has 2 heterocycles. The van der Waals surface area contributed by atoms with Crippen LogP contribution in [0.1, 0.15) is 155 Å². The van der Waals surface area contributed by atoms with Gasteiger partial charge in [-0.05, 0) is 83.5 Å². The Morgan fingerprint density at radius 2 is 0.958 bits per heavy atom. The normalized spacial score (nSPS) is 26.5.